The average molecular weight is 188 g/mol. The van der Waals surface area contributed by atoms with Gasteiger partial charge in [0.25, 0.3) is 0 Å². The van der Waals surface area contributed by atoms with E-state index >= 15 is 0 Å². The Morgan fingerprint density at radius 1 is 1.15 bits per heavy atom. The van der Waals surface area contributed by atoms with Gasteiger partial charge in [-0.15, -0.1) is 0 Å². The second-order valence-electron chi connectivity index (χ2n) is 3.03. The number of rotatable bonds is 9. The van der Waals surface area contributed by atoms with Crippen LogP contribution in [0.25, 0.3) is 0 Å². The third-order valence-electron chi connectivity index (χ3n) is 1.93. The Morgan fingerprint density at radius 2 is 1.85 bits per heavy atom. The van der Waals surface area contributed by atoms with Gasteiger partial charge in [-0.3, -0.25) is 0 Å². The van der Waals surface area contributed by atoms with E-state index in [2.05, 4.69) is 6.58 Å². The maximum absolute atomic E-state index is 8.85. The second-order valence-corrected chi connectivity index (χ2v) is 3.03. The predicted octanol–water partition coefficient (Wildman–Crippen LogP) is 1.45. The summed E-state index contributed by atoms with van der Waals surface area (Å²) in [6.45, 7) is 3.76. The highest BCUT2D eigenvalue weighted by molar-refractivity contribution is 4.61. The van der Waals surface area contributed by atoms with E-state index in [1.165, 1.54) is 6.26 Å². The highest BCUT2D eigenvalue weighted by Gasteiger charge is 2.04. The lowest BCUT2D eigenvalue weighted by molar-refractivity contribution is 0.0696. The number of hydrogen-bond acceptors (Lipinski definition) is 3. The van der Waals surface area contributed by atoms with Crippen LogP contribution < -0.4 is 0 Å². The molecule has 0 spiro atoms. The van der Waals surface area contributed by atoms with Crippen molar-refractivity contribution in [1.29, 1.82) is 0 Å². The summed E-state index contributed by atoms with van der Waals surface area (Å²) in [6, 6.07) is 0. The lowest BCUT2D eigenvalue weighted by Crippen LogP contribution is -2.14. The van der Waals surface area contributed by atoms with Crippen molar-refractivity contribution < 1.29 is 14.9 Å². The van der Waals surface area contributed by atoms with Crippen molar-refractivity contribution in [3.05, 3.63) is 12.8 Å². The first-order valence-corrected chi connectivity index (χ1v) is 4.83. The summed E-state index contributed by atoms with van der Waals surface area (Å²) in [7, 11) is 0. The number of aliphatic hydroxyl groups excluding tert-OH is 2. The predicted molar refractivity (Wildman–Crippen MR) is 52.3 cm³/mol. The molecule has 2 N–H and O–H groups in total. The SMILES string of the molecule is C=COC(CO)CCCCCCO. The molecule has 0 rings (SSSR count). The molecule has 0 aromatic rings. The highest BCUT2D eigenvalue weighted by Crippen LogP contribution is 2.07. The van der Waals surface area contributed by atoms with E-state index in [9.17, 15) is 0 Å². The zero-order chi connectivity index (χ0) is 9.94. The van der Waals surface area contributed by atoms with Gasteiger partial charge < -0.3 is 14.9 Å². The van der Waals surface area contributed by atoms with E-state index < -0.39 is 0 Å². The van der Waals surface area contributed by atoms with E-state index in [4.69, 9.17) is 14.9 Å². The molecule has 0 aliphatic carbocycles. The van der Waals surface area contributed by atoms with Gasteiger partial charge in [0.05, 0.1) is 12.9 Å². The fourth-order valence-corrected chi connectivity index (χ4v) is 1.18. The van der Waals surface area contributed by atoms with Crippen molar-refractivity contribution in [2.75, 3.05) is 13.2 Å². The van der Waals surface area contributed by atoms with Crippen molar-refractivity contribution in [2.45, 2.75) is 38.2 Å². The summed E-state index contributed by atoms with van der Waals surface area (Å²) in [5.74, 6) is 0. The Balaban J connectivity index is 3.22. The topological polar surface area (TPSA) is 49.7 Å². The summed E-state index contributed by atoms with van der Waals surface area (Å²) in [6.07, 6.45) is 6.14. The molecule has 0 aromatic carbocycles. The summed E-state index contributed by atoms with van der Waals surface area (Å²) >= 11 is 0. The summed E-state index contributed by atoms with van der Waals surface area (Å²) < 4.78 is 5.06. The lowest BCUT2D eigenvalue weighted by atomic mass is 10.1. The van der Waals surface area contributed by atoms with Crippen LogP contribution in [0.2, 0.25) is 0 Å². The van der Waals surface area contributed by atoms with Crippen LogP contribution in [0.15, 0.2) is 12.8 Å². The van der Waals surface area contributed by atoms with Crippen molar-refractivity contribution >= 4 is 0 Å². The quantitative estimate of drug-likeness (QED) is 0.425. The van der Waals surface area contributed by atoms with Crippen LogP contribution in [0.5, 0.6) is 0 Å². The average Bonchev–Trinajstić information content (AvgIpc) is 2.16. The van der Waals surface area contributed by atoms with E-state index in [0.717, 1.165) is 32.1 Å². The Labute approximate surface area is 80.0 Å². The van der Waals surface area contributed by atoms with Crippen molar-refractivity contribution in [1.82, 2.24) is 0 Å². The van der Waals surface area contributed by atoms with Crippen LogP contribution >= 0.6 is 0 Å². The van der Waals surface area contributed by atoms with Gasteiger partial charge in [0, 0.05) is 6.61 Å². The van der Waals surface area contributed by atoms with E-state index in [-0.39, 0.29) is 19.3 Å². The maximum atomic E-state index is 8.85. The van der Waals surface area contributed by atoms with E-state index in [1.807, 2.05) is 0 Å². The lowest BCUT2D eigenvalue weighted by Gasteiger charge is -2.12. The standard InChI is InChI=1S/C10H20O3/c1-2-13-10(9-12)7-5-3-4-6-8-11/h2,10-12H,1,3-9H2. The maximum Gasteiger partial charge on any atom is 0.121 e. The molecule has 0 saturated heterocycles. The Morgan fingerprint density at radius 3 is 2.38 bits per heavy atom. The van der Waals surface area contributed by atoms with Gasteiger partial charge in [0.2, 0.25) is 0 Å². The van der Waals surface area contributed by atoms with Crippen LogP contribution in [0.1, 0.15) is 32.1 Å². The van der Waals surface area contributed by atoms with E-state index in [0.29, 0.717) is 0 Å². The first-order chi connectivity index (χ1) is 6.35. The highest BCUT2D eigenvalue weighted by atomic mass is 16.5. The summed E-state index contributed by atoms with van der Waals surface area (Å²) in [5.41, 5.74) is 0. The van der Waals surface area contributed by atoms with Crippen LogP contribution in [0.4, 0.5) is 0 Å². The van der Waals surface area contributed by atoms with Gasteiger partial charge in [-0.25, -0.2) is 0 Å². The molecule has 0 amide bonds. The molecule has 0 fully saturated rings. The minimum atomic E-state index is -0.105. The Kier molecular flexibility index (Phi) is 9.15. The van der Waals surface area contributed by atoms with Crippen LogP contribution in [0.3, 0.4) is 0 Å². The molecule has 3 nitrogen and oxygen atoms in total. The molecule has 0 saturated carbocycles. The van der Waals surface area contributed by atoms with Crippen molar-refractivity contribution in [3.63, 3.8) is 0 Å². The minimum absolute atomic E-state index is 0.0476. The van der Waals surface area contributed by atoms with Crippen LogP contribution in [-0.4, -0.2) is 29.5 Å². The first kappa shape index (κ1) is 12.5. The molecule has 13 heavy (non-hydrogen) atoms. The fraction of sp³-hybridized carbons (Fsp3) is 0.800. The van der Waals surface area contributed by atoms with Crippen LogP contribution in [0, 0.1) is 0 Å². The van der Waals surface area contributed by atoms with Crippen molar-refractivity contribution in [2.24, 2.45) is 0 Å². The first-order valence-electron chi connectivity index (χ1n) is 4.83. The number of aliphatic hydroxyl groups is 2. The molecule has 1 unspecified atom stereocenters. The third-order valence-corrected chi connectivity index (χ3v) is 1.93. The number of hydrogen-bond donors (Lipinski definition) is 2. The van der Waals surface area contributed by atoms with Gasteiger partial charge in [0.15, 0.2) is 0 Å². The third kappa shape index (κ3) is 7.81. The summed E-state index contributed by atoms with van der Waals surface area (Å²) in [4.78, 5) is 0. The molecule has 0 aliphatic rings. The molecule has 0 heterocycles. The minimum Gasteiger partial charge on any atom is -0.496 e. The monoisotopic (exact) mass is 188 g/mol. The molecular formula is C10H20O3. The zero-order valence-corrected chi connectivity index (χ0v) is 8.11. The molecule has 78 valence electrons. The molecule has 0 aliphatic heterocycles. The Hall–Kier alpha value is -0.540. The van der Waals surface area contributed by atoms with Gasteiger partial charge >= 0.3 is 0 Å². The zero-order valence-electron chi connectivity index (χ0n) is 8.11. The van der Waals surface area contributed by atoms with Crippen molar-refractivity contribution in [3.8, 4) is 0 Å². The fourth-order valence-electron chi connectivity index (χ4n) is 1.18. The molecule has 0 aromatic heterocycles. The van der Waals surface area contributed by atoms with E-state index in [1.54, 1.807) is 0 Å². The summed E-state index contributed by atoms with van der Waals surface area (Å²) in [5, 5.41) is 17.4. The van der Waals surface area contributed by atoms with Crippen LogP contribution in [-0.2, 0) is 4.74 Å². The number of ether oxygens (including phenoxy) is 1. The molecular weight excluding hydrogens is 168 g/mol. The smallest absolute Gasteiger partial charge is 0.121 e. The van der Waals surface area contributed by atoms with Gasteiger partial charge in [-0.05, 0) is 19.3 Å². The molecule has 0 radical (unpaired) electrons. The second kappa shape index (κ2) is 9.55. The van der Waals surface area contributed by atoms with Gasteiger partial charge in [-0.1, -0.05) is 19.4 Å². The number of unbranched alkanes of at least 4 members (excludes halogenated alkanes) is 3. The van der Waals surface area contributed by atoms with Gasteiger partial charge in [0.1, 0.15) is 6.10 Å². The molecule has 0 bridgehead atoms. The molecule has 3 heteroatoms. The molecule has 1 atom stereocenters. The normalized spacial score (nSPS) is 12.5. The van der Waals surface area contributed by atoms with Gasteiger partial charge in [-0.2, -0.15) is 0 Å². The Bertz CT molecular complexity index is 115. The largest absolute Gasteiger partial charge is 0.496 e.